The van der Waals surface area contributed by atoms with E-state index in [1.165, 1.54) is 18.3 Å². The van der Waals surface area contributed by atoms with Crippen molar-refractivity contribution < 1.29 is 9.13 Å². The van der Waals surface area contributed by atoms with Gasteiger partial charge in [-0.05, 0) is 30.5 Å². The van der Waals surface area contributed by atoms with E-state index in [-0.39, 0.29) is 5.82 Å². The summed E-state index contributed by atoms with van der Waals surface area (Å²) in [6.07, 6.45) is 1.86. The van der Waals surface area contributed by atoms with E-state index < -0.39 is 0 Å². The van der Waals surface area contributed by atoms with Crippen LogP contribution in [0, 0.1) is 11.2 Å². The molecule has 0 fully saturated rings. The number of halogens is 1. The van der Waals surface area contributed by atoms with Crippen molar-refractivity contribution in [3.63, 3.8) is 0 Å². The summed E-state index contributed by atoms with van der Waals surface area (Å²) in [4.78, 5) is 0. The summed E-state index contributed by atoms with van der Waals surface area (Å²) in [5.41, 5.74) is 0. The van der Waals surface area contributed by atoms with Gasteiger partial charge in [-0.3, -0.25) is 0 Å². The van der Waals surface area contributed by atoms with Crippen molar-refractivity contribution in [1.82, 2.24) is 0 Å². The lowest BCUT2D eigenvalue weighted by molar-refractivity contribution is 0.329. The van der Waals surface area contributed by atoms with E-state index in [2.05, 4.69) is 0 Å². The molecule has 2 nitrogen and oxygen atoms in total. The van der Waals surface area contributed by atoms with Gasteiger partial charge < -0.3 is 10.1 Å². The lowest BCUT2D eigenvalue weighted by atomic mass is 10.3. The second-order valence-electron chi connectivity index (χ2n) is 2.30. The van der Waals surface area contributed by atoms with Crippen molar-refractivity contribution in [3.05, 3.63) is 30.1 Å². The molecule has 0 atom stereocenters. The molecule has 0 heterocycles. The quantitative estimate of drug-likeness (QED) is 0.541. The van der Waals surface area contributed by atoms with Gasteiger partial charge in [0.05, 0.1) is 6.61 Å². The van der Waals surface area contributed by atoms with Crippen LogP contribution >= 0.6 is 0 Å². The van der Waals surface area contributed by atoms with Crippen LogP contribution in [-0.2, 0) is 0 Å². The minimum atomic E-state index is -0.269. The summed E-state index contributed by atoms with van der Waals surface area (Å²) in [6.45, 7) is 0.467. The fourth-order valence-corrected chi connectivity index (χ4v) is 0.767. The zero-order chi connectivity index (χ0) is 8.81. The molecule has 0 aliphatic rings. The van der Waals surface area contributed by atoms with Gasteiger partial charge in [-0.15, -0.1) is 0 Å². The number of ether oxygens (including phenoxy) is 1. The van der Waals surface area contributed by atoms with Crippen molar-refractivity contribution in [2.75, 3.05) is 6.61 Å². The van der Waals surface area contributed by atoms with Crippen LogP contribution in [0.3, 0.4) is 0 Å². The topological polar surface area (TPSA) is 33.1 Å². The summed E-state index contributed by atoms with van der Waals surface area (Å²) < 4.78 is 17.6. The third-order valence-corrected chi connectivity index (χ3v) is 1.34. The van der Waals surface area contributed by atoms with E-state index in [0.717, 1.165) is 0 Å². The predicted molar refractivity (Wildman–Crippen MR) is 45.3 cm³/mol. The third kappa shape index (κ3) is 2.70. The standard InChI is InChI=1S/C9H10FNO/c10-8-2-4-9(5-3-8)12-7-1-6-11/h2-6,11H,1,7H2. The maximum atomic E-state index is 12.4. The van der Waals surface area contributed by atoms with Crippen molar-refractivity contribution in [2.45, 2.75) is 6.42 Å². The van der Waals surface area contributed by atoms with Crippen molar-refractivity contribution in [1.29, 1.82) is 5.41 Å². The molecule has 0 bridgehead atoms. The zero-order valence-electron chi connectivity index (χ0n) is 6.59. The maximum absolute atomic E-state index is 12.4. The monoisotopic (exact) mass is 167 g/mol. The highest BCUT2D eigenvalue weighted by Gasteiger charge is 1.92. The number of hydrogen-bond acceptors (Lipinski definition) is 2. The molecule has 1 rings (SSSR count). The van der Waals surface area contributed by atoms with Crippen molar-refractivity contribution in [3.8, 4) is 5.75 Å². The Morgan fingerprint density at radius 1 is 1.33 bits per heavy atom. The Hall–Kier alpha value is -1.38. The smallest absolute Gasteiger partial charge is 0.123 e. The van der Waals surface area contributed by atoms with Gasteiger partial charge in [0.2, 0.25) is 0 Å². The molecule has 0 aromatic heterocycles. The average Bonchev–Trinajstić information content (AvgIpc) is 2.09. The molecule has 0 saturated carbocycles. The molecule has 1 aromatic rings. The van der Waals surface area contributed by atoms with Gasteiger partial charge in [0, 0.05) is 6.42 Å². The van der Waals surface area contributed by atoms with Crippen LogP contribution in [0.2, 0.25) is 0 Å². The molecule has 64 valence electrons. The van der Waals surface area contributed by atoms with Gasteiger partial charge in [-0.2, -0.15) is 0 Å². The largest absolute Gasteiger partial charge is 0.493 e. The lowest BCUT2D eigenvalue weighted by Crippen LogP contribution is -1.96. The first kappa shape index (κ1) is 8.71. The molecular formula is C9H10FNO. The Kier molecular flexibility index (Phi) is 3.26. The Bertz CT molecular complexity index is 245. The minimum absolute atomic E-state index is 0.269. The van der Waals surface area contributed by atoms with Crippen LogP contribution in [0.25, 0.3) is 0 Å². The maximum Gasteiger partial charge on any atom is 0.123 e. The SMILES string of the molecule is N=CCCOc1ccc(F)cc1. The van der Waals surface area contributed by atoms with E-state index in [1.54, 1.807) is 12.1 Å². The first-order valence-corrected chi connectivity index (χ1v) is 3.70. The summed E-state index contributed by atoms with van der Waals surface area (Å²) >= 11 is 0. The number of rotatable bonds is 4. The molecule has 12 heavy (non-hydrogen) atoms. The fourth-order valence-electron chi connectivity index (χ4n) is 0.767. The van der Waals surface area contributed by atoms with Gasteiger partial charge in [0.25, 0.3) is 0 Å². The molecule has 0 aliphatic heterocycles. The summed E-state index contributed by atoms with van der Waals surface area (Å²) in [6, 6.07) is 5.83. The Labute approximate surface area is 70.5 Å². The molecule has 0 spiro atoms. The van der Waals surface area contributed by atoms with Crippen LogP contribution in [0.4, 0.5) is 4.39 Å². The van der Waals surface area contributed by atoms with E-state index in [9.17, 15) is 4.39 Å². The van der Waals surface area contributed by atoms with Crippen LogP contribution < -0.4 is 4.74 Å². The molecule has 0 radical (unpaired) electrons. The van der Waals surface area contributed by atoms with Crippen LogP contribution in [0.1, 0.15) is 6.42 Å². The normalized spacial score (nSPS) is 9.42. The number of nitrogens with one attached hydrogen (secondary N) is 1. The van der Waals surface area contributed by atoms with Crippen molar-refractivity contribution in [2.24, 2.45) is 0 Å². The average molecular weight is 167 g/mol. The summed E-state index contributed by atoms with van der Waals surface area (Å²) in [5, 5.41) is 6.74. The third-order valence-electron chi connectivity index (χ3n) is 1.34. The number of hydrogen-bond donors (Lipinski definition) is 1. The van der Waals surface area contributed by atoms with Crippen LogP contribution in [-0.4, -0.2) is 12.8 Å². The molecule has 1 aromatic carbocycles. The van der Waals surface area contributed by atoms with Gasteiger partial charge in [-0.1, -0.05) is 0 Å². The Morgan fingerprint density at radius 2 is 2.00 bits per heavy atom. The summed E-state index contributed by atoms with van der Waals surface area (Å²) in [5.74, 6) is 0.368. The van der Waals surface area contributed by atoms with E-state index in [1.807, 2.05) is 0 Å². The minimum Gasteiger partial charge on any atom is -0.493 e. The molecule has 0 amide bonds. The van der Waals surface area contributed by atoms with Crippen molar-refractivity contribution >= 4 is 6.21 Å². The Balaban J connectivity index is 2.42. The molecular weight excluding hydrogens is 157 g/mol. The molecule has 0 saturated heterocycles. The molecule has 0 aliphatic carbocycles. The number of benzene rings is 1. The summed E-state index contributed by atoms with van der Waals surface area (Å²) in [7, 11) is 0. The second kappa shape index (κ2) is 4.49. The van der Waals surface area contributed by atoms with Gasteiger partial charge in [-0.25, -0.2) is 4.39 Å². The highest BCUT2D eigenvalue weighted by Crippen LogP contribution is 2.10. The first-order chi connectivity index (χ1) is 5.83. The first-order valence-electron chi connectivity index (χ1n) is 3.70. The van der Waals surface area contributed by atoms with E-state index >= 15 is 0 Å². The van der Waals surface area contributed by atoms with Gasteiger partial charge in [0.1, 0.15) is 11.6 Å². The zero-order valence-corrected chi connectivity index (χ0v) is 6.59. The van der Waals surface area contributed by atoms with Crippen LogP contribution in [0.15, 0.2) is 24.3 Å². The highest BCUT2D eigenvalue weighted by molar-refractivity contribution is 5.52. The second-order valence-corrected chi connectivity index (χ2v) is 2.30. The highest BCUT2D eigenvalue weighted by atomic mass is 19.1. The molecule has 3 heteroatoms. The molecule has 1 N–H and O–H groups in total. The fraction of sp³-hybridized carbons (Fsp3) is 0.222. The van der Waals surface area contributed by atoms with Gasteiger partial charge in [0.15, 0.2) is 0 Å². The van der Waals surface area contributed by atoms with E-state index in [0.29, 0.717) is 18.8 Å². The lowest BCUT2D eigenvalue weighted by Gasteiger charge is -2.02. The predicted octanol–water partition coefficient (Wildman–Crippen LogP) is 2.24. The van der Waals surface area contributed by atoms with Gasteiger partial charge >= 0.3 is 0 Å². The Morgan fingerprint density at radius 3 is 2.58 bits per heavy atom. The molecule has 0 unspecified atom stereocenters. The van der Waals surface area contributed by atoms with Crippen LogP contribution in [0.5, 0.6) is 5.75 Å². The van der Waals surface area contributed by atoms with E-state index in [4.69, 9.17) is 10.1 Å².